The Morgan fingerprint density at radius 3 is 2.90 bits per heavy atom. The predicted octanol–water partition coefficient (Wildman–Crippen LogP) is 1.80. The van der Waals surface area contributed by atoms with Gasteiger partial charge in [-0.15, -0.1) is 0 Å². The van der Waals surface area contributed by atoms with E-state index in [1.54, 1.807) is 18.0 Å². The van der Waals surface area contributed by atoms with Crippen molar-refractivity contribution < 1.29 is 4.74 Å². The summed E-state index contributed by atoms with van der Waals surface area (Å²) in [5.41, 5.74) is 2.08. The summed E-state index contributed by atoms with van der Waals surface area (Å²) in [5, 5.41) is 3.37. The van der Waals surface area contributed by atoms with E-state index in [1.807, 2.05) is 12.1 Å². The third-order valence-electron chi connectivity index (χ3n) is 3.23. The highest BCUT2D eigenvalue weighted by Crippen LogP contribution is 2.20. The van der Waals surface area contributed by atoms with Gasteiger partial charge in [-0.3, -0.25) is 9.36 Å². The highest BCUT2D eigenvalue weighted by molar-refractivity contribution is 5.37. The van der Waals surface area contributed by atoms with Crippen LogP contribution in [0, 0.1) is 0 Å². The highest BCUT2D eigenvalue weighted by Gasteiger charge is 2.06. The smallest absolute Gasteiger partial charge is 0.253 e. The molecule has 0 saturated heterocycles. The van der Waals surface area contributed by atoms with Crippen molar-refractivity contribution >= 4 is 0 Å². The lowest BCUT2D eigenvalue weighted by molar-refractivity contribution is 0.407. The lowest BCUT2D eigenvalue weighted by Crippen LogP contribution is -2.20. The van der Waals surface area contributed by atoms with Crippen molar-refractivity contribution in [3.63, 3.8) is 0 Å². The molecule has 0 fully saturated rings. The Kier molecular flexibility index (Phi) is 5.51. The molecule has 0 saturated carbocycles. The summed E-state index contributed by atoms with van der Waals surface area (Å²) < 4.78 is 6.95. The fourth-order valence-corrected chi connectivity index (χ4v) is 2.16. The lowest BCUT2D eigenvalue weighted by Gasteiger charge is -2.12. The van der Waals surface area contributed by atoms with Crippen molar-refractivity contribution in [3.05, 3.63) is 58.3 Å². The minimum atomic E-state index is -0.0680. The molecule has 1 aromatic carbocycles. The Hall–Kier alpha value is -2.14. The SMILES string of the molecule is CCCNCc1ccc(OC)c(Cn2cnccc2=O)c1. The summed E-state index contributed by atoms with van der Waals surface area (Å²) in [5.74, 6) is 0.782. The highest BCUT2D eigenvalue weighted by atomic mass is 16.5. The largest absolute Gasteiger partial charge is 0.496 e. The van der Waals surface area contributed by atoms with Crippen LogP contribution in [0.4, 0.5) is 0 Å². The van der Waals surface area contributed by atoms with Crippen molar-refractivity contribution in [1.82, 2.24) is 14.9 Å². The first-order valence-corrected chi connectivity index (χ1v) is 7.11. The molecule has 0 aliphatic carbocycles. The van der Waals surface area contributed by atoms with Gasteiger partial charge in [-0.1, -0.05) is 13.0 Å². The second-order valence-electron chi connectivity index (χ2n) is 4.87. The molecule has 0 aliphatic rings. The van der Waals surface area contributed by atoms with Gasteiger partial charge < -0.3 is 10.1 Å². The maximum absolute atomic E-state index is 11.8. The second-order valence-corrected chi connectivity index (χ2v) is 4.87. The van der Waals surface area contributed by atoms with E-state index < -0.39 is 0 Å². The molecule has 0 amide bonds. The summed E-state index contributed by atoms with van der Waals surface area (Å²) >= 11 is 0. The van der Waals surface area contributed by atoms with E-state index in [0.717, 1.165) is 30.8 Å². The zero-order chi connectivity index (χ0) is 15.1. The van der Waals surface area contributed by atoms with Gasteiger partial charge in [0.2, 0.25) is 0 Å². The molecule has 0 atom stereocenters. The van der Waals surface area contributed by atoms with Crippen molar-refractivity contribution in [2.24, 2.45) is 0 Å². The van der Waals surface area contributed by atoms with Crippen LogP contribution in [0.2, 0.25) is 0 Å². The molecule has 5 nitrogen and oxygen atoms in total. The Bertz CT molecular complexity index is 637. The van der Waals surface area contributed by atoms with Gasteiger partial charge in [0, 0.05) is 24.4 Å². The molecule has 0 spiro atoms. The van der Waals surface area contributed by atoms with Gasteiger partial charge in [-0.25, -0.2) is 4.98 Å². The first kappa shape index (κ1) is 15.3. The van der Waals surface area contributed by atoms with Crippen LogP contribution in [-0.2, 0) is 13.1 Å². The molecule has 0 unspecified atom stereocenters. The van der Waals surface area contributed by atoms with E-state index >= 15 is 0 Å². The fraction of sp³-hybridized carbons (Fsp3) is 0.375. The van der Waals surface area contributed by atoms with E-state index in [-0.39, 0.29) is 5.56 Å². The molecule has 21 heavy (non-hydrogen) atoms. The molecule has 0 bridgehead atoms. The standard InChI is InChI=1S/C16H21N3O2/c1-3-7-17-10-13-4-5-15(21-2)14(9-13)11-19-12-18-8-6-16(19)20/h4-6,8-9,12,17H,3,7,10-11H2,1-2H3. The van der Waals surface area contributed by atoms with E-state index in [2.05, 4.69) is 23.3 Å². The molecular formula is C16H21N3O2. The van der Waals surface area contributed by atoms with Gasteiger partial charge in [0.25, 0.3) is 5.56 Å². The van der Waals surface area contributed by atoms with Gasteiger partial charge in [0.05, 0.1) is 20.0 Å². The molecule has 5 heteroatoms. The third-order valence-corrected chi connectivity index (χ3v) is 3.23. The van der Waals surface area contributed by atoms with Gasteiger partial charge >= 0.3 is 0 Å². The normalized spacial score (nSPS) is 10.6. The molecular weight excluding hydrogens is 266 g/mol. The zero-order valence-corrected chi connectivity index (χ0v) is 12.5. The van der Waals surface area contributed by atoms with Gasteiger partial charge in [0.15, 0.2) is 0 Å². The first-order chi connectivity index (χ1) is 10.2. The molecule has 2 rings (SSSR count). The van der Waals surface area contributed by atoms with Crippen molar-refractivity contribution in [1.29, 1.82) is 0 Å². The molecule has 0 aliphatic heterocycles. The maximum Gasteiger partial charge on any atom is 0.253 e. The van der Waals surface area contributed by atoms with Crippen molar-refractivity contribution in [2.75, 3.05) is 13.7 Å². The number of benzene rings is 1. The number of ether oxygens (including phenoxy) is 1. The molecule has 1 heterocycles. The average molecular weight is 287 g/mol. The number of nitrogens with zero attached hydrogens (tertiary/aromatic N) is 2. The fourth-order valence-electron chi connectivity index (χ4n) is 2.16. The lowest BCUT2D eigenvalue weighted by atomic mass is 10.1. The molecule has 1 aromatic heterocycles. The van der Waals surface area contributed by atoms with Crippen LogP contribution >= 0.6 is 0 Å². The van der Waals surface area contributed by atoms with Gasteiger partial charge in [-0.05, 0) is 30.7 Å². The summed E-state index contributed by atoms with van der Waals surface area (Å²) in [6.07, 6.45) is 4.15. The van der Waals surface area contributed by atoms with E-state index in [0.29, 0.717) is 6.54 Å². The minimum Gasteiger partial charge on any atom is -0.496 e. The van der Waals surface area contributed by atoms with Gasteiger partial charge in [0.1, 0.15) is 5.75 Å². The Balaban J connectivity index is 2.21. The molecule has 2 aromatic rings. The number of rotatable bonds is 7. The predicted molar refractivity (Wildman–Crippen MR) is 82.6 cm³/mol. The minimum absolute atomic E-state index is 0.0680. The van der Waals surface area contributed by atoms with Crippen LogP contribution in [0.5, 0.6) is 5.75 Å². The van der Waals surface area contributed by atoms with Crippen LogP contribution in [0.25, 0.3) is 0 Å². The van der Waals surface area contributed by atoms with Crippen molar-refractivity contribution in [3.8, 4) is 5.75 Å². The first-order valence-electron chi connectivity index (χ1n) is 7.11. The zero-order valence-electron chi connectivity index (χ0n) is 12.5. The van der Waals surface area contributed by atoms with E-state index in [9.17, 15) is 4.79 Å². The van der Waals surface area contributed by atoms with Crippen LogP contribution in [-0.4, -0.2) is 23.2 Å². The third kappa shape index (κ3) is 4.16. The number of hydrogen-bond donors (Lipinski definition) is 1. The Morgan fingerprint density at radius 2 is 2.19 bits per heavy atom. The molecule has 112 valence electrons. The summed E-state index contributed by atoms with van der Waals surface area (Å²) in [4.78, 5) is 15.8. The van der Waals surface area contributed by atoms with Crippen LogP contribution in [0.15, 0.2) is 41.6 Å². The summed E-state index contributed by atoms with van der Waals surface area (Å²) in [6, 6.07) is 7.51. The summed E-state index contributed by atoms with van der Waals surface area (Å²) in [7, 11) is 1.64. The van der Waals surface area contributed by atoms with E-state index in [1.165, 1.54) is 17.8 Å². The quantitative estimate of drug-likeness (QED) is 0.789. The number of hydrogen-bond acceptors (Lipinski definition) is 4. The molecule has 0 radical (unpaired) electrons. The van der Waals surface area contributed by atoms with Gasteiger partial charge in [-0.2, -0.15) is 0 Å². The molecule has 1 N–H and O–H groups in total. The Morgan fingerprint density at radius 1 is 1.33 bits per heavy atom. The van der Waals surface area contributed by atoms with Crippen LogP contribution in [0.3, 0.4) is 0 Å². The number of aromatic nitrogens is 2. The average Bonchev–Trinajstić information content (AvgIpc) is 2.50. The van der Waals surface area contributed by atoms with Crippen molar-refractivity contribution in [2.45, 2.75) is 26.4 Å². The summed E-state index contributed by atoms with van der Waals surface area (Å²) in [6.45, 7) is 4.40. The maximum atomic E-state index is 11.8. The topological polar surface area (TPSA) is 56.1 Å². The van der Waals surface area contributed by atoms with E-state index in [4.69, 9.17) is 4.74 Å². The van der Waals surface area contributed by atoms with Crippen LogP contribution in [0.1, 0.15) is 24.5 Å². The Labute approximate surface area is 124 Å². The number of nitrogens with one attached hydrogen (secondary N) is 1. The second kappa shape index (κ2) is 7.59. The van der Waals surface area contributed by atoms with Crippen LogP contribution < -0.4 is 15.6 Å². The monoisotopic (exact) mass is 287 g/mol. The number of methoxy groups -OCH3 is 1.